The first kappa shape index (κ1) is 13.6. The number of thioether (sulfide) groups is 1. The molecule has 0 aliphatic carbocycles. The number of terminal acetylenes is 1. The van der Waals surface area contributed by atoms with E-state index in [1.54, 1.807) is 18.4 Å². The summed E-state index contributed by atoms with van der Waals surface area (Å²) in [5.41, 5.74) is 0. The van der Waals surface area contributed by atoms with Gasteiger partial charge in [0.25, 0.3) is 0 Å². The summed E-state index contributed by atoms with van der Waals surface area (Å²) in [5.74, 6) is 1.21. The third-order valence-electron chi connectivity index (χ3n) is 1.83. The van der Waals surface area contributed by atoms with Crippen molar-refractivity contribution in [3.8, 4) is 12.3 Å². The number of hydrogen-bond donors (Lipinski definition) is 2. The molecular formula is C11H11NO3S2. The van der Waals surface area contributed by atoms with E-state index in [-0.39, 0.29) is 22.6 Å². The Balaban J connectivity index is 2.55. The van der Waals surface area contributed by atoms with Crippen molar-refractivity contribution in [3.63, 3.8) is 0 Å². The molecule has 90 valence electrons. The molecule has 2 N–H and O–H groups in total. The van der Waals surface area contributed by atoms with E-state index in [1.807, 2.05) is 0 Å². The minimum absolute atomic E-state index is 0.156. The molecule has 0 aliphatic heterocycles. The van der Waals surface area contributed by atoms with E-state index in [4.69, 9.17) is 11.5 Å². The second kappa shape index (κ2) is 6.33. The van der Waals surface area contributed by atoms with E-state index in [9.17, 15) is 9.59 Å². The van der Waals surface area contributed by atoms with Gasteiger partial charge in [-0.25, -0.2) is 4.79 Å². The van der Waals surface area contributed by atoms with Crippen molar-refractivity contribution < 1.29 is 14.7 Å². The average molecular weight is 269 g/mol. The van der Waals surface area contributed by atoms with Crippen LogP contribution in [0.4, 0.5) is 0 Å². The molecule has 6 heteroatoms. The lowest BCUT2D eigenvalue weighted by atomic mass is 10.4. The number of carboxylic acid groups (broad SMARTS) is 1. The first-order valence-corrected chi connectivity index (χ1v) is 6.50. The quantitative estimate of drug-likeness (QED) is 0.630. The van der Waals surface area contributed by atoms with Crippen LogP contribution in [0.25, 0.3) is 0 Å². The topological polar surface area (TPSA) is 66.4 Å². The standard InChI is InChI=1S/C11H11NO3S2/c1-3-4-12-10(13)7(2)17-8-5-9(11(14)15)16-6-8/h1,5-7H,4H2,2H3,(H,12,13)(H,14,15). The molecule has 0 aromatic carbocycles. The summed E-state index contributed by atoms with van der Waals surface area (Å²) in [6.07, 6.45) is 5.03. The number of amides is 1. The molecule has 1 unspecified atom stereocenters. The van der Waals surface area contributed by atoms with E-state index in [2.05, 4.69) is 11.2 Å². The van der Waals surface area contributed by atoms with Gasteiger partial charge in [0.2, 0.25) is 5.91 Å². The summed E-state index contributed by atoms with van der Waals surface area (Å²) in [4.78, 5) is 23.2. The summed E-state index contributed by atoms with van der Waals surface area (Å²) in [7, 11) is 0. The normalized spacial score (nSPS) is 11.5. The molecule has 1 heterocycles. The highest BCUT2D eigenvalue weighted by Crippen LogP contribution is 2.28. The molecule has 0 fully saturated rings. The second-order valence-corrected chi connectivity index (χ2v) is 5.46. The Morgan fingerprint density at radius 3 is 2.94 bits per heavy atom. The van der Waals surface area contributed by atoms with Gasteiger partial charge in [-0.3, -0.25) is 4.79 Å². The van der Waals surface area contributed by atoms with Crippen molar-refractivity contribution in [3.05, 3.63) is 16.3 Å². The van der Waals surface area contributed by atoms with E-state index < -0.39 is 5.97 Å². The zero-order valence-corrected chi connectivity index (χ0v) is 10.7. The molecule has 0 bridgehead atoms. The third-order valence-corrected chi connectivity index (χ3v) is 3.98. The smallest absolute Gasteiger partial charge is 0.345 e. The van der Waals surface area contributed by atoms with Gasteiger partial charge in [-0.1, -0.05) is 5.92 Å². The van der Waals surface area contributed by atoms with Gasteiger partial charge in [0, 0.05) is 10.3 Å². The zero-order chi connectivity index (χ0) is 12.8. The fourth-order valence-electron chi connectivity index (χ4n) is 1.03. The minimum Gasteiger partial charge on any atom is -0.477 e. The van der Waals surface area contributed by atoms with Crippen LogP contribution in [0, 0.1) is 12.3 Å². The van der Waals surface area contributed by atoms with Crippen LogP contribution in [-0.4, -0.2) is 28.8 Å². The van der Waals surface area contributed by atoms with Crippen LogP contribution in [0.5, 0.6) is 0 Å². The largest absolute Gasteiger partial charge is 0.477 e. The van der Waals surface area contributed by atoms with E-state index in [1.165, 1.54) is 11.8 Å². The van der Waals surface area contributed by atoms with Crippen LogP contribution >= 0.6 is 23.1 Å². The fourth-order valence-corrected chi connectivity index (χ4v) is 2.86. The molecule has 0 spiro atoms. The van der Waals surface area contributed by atoms with E-state index in [0.717, 1.165) is 16.2 Å². The van der Waals surface area contributed by atoms with Gasteiger partial charge in [0.15, 0.2) is 0 Å². The van der Waals surface area contributed by atoms with Crippen LogP contribution < -0.4 is 5.32 Å². The van der Waals surface area contributed by atoms with Crippen molar-refractivity contribution in [1.29, 1.82) is 0 Å². The van der Waals surface area contributed by atoms with Crippen molar-refractivity contribution in [2.45, 2.75) is 17.1 Å². The summed E-state index contributed by atoms with van der Waals surface area (Å²) in [5, 5.41) is 12.7. The molecule has 0 aliphatic rings. The number of nitrogens with one attached hydrogen (secondary N) is 1. The molecule has 1 aromatic rings. The average Bonchev–Trinajstić information content (AvgIpc) is 2.74. The van der Waals surface area contributed by atoms with Crippen LogP contribution in [0.2, 0.25) is 0 Å². The predicted molar refractivity (Wildman–Crippen MR) is 68.4 cm³/mol. The Morgan fingerprint density at radius 2 is 2.41 bits per heavy atom. The number of carbonyl (C=O) groups excluding carboxylic acids is 1. The van der Waals surface area contributed by atoms with Crippen LogP contribution in [-0.2, 0) is 4.79 Å². The van der Waals surface area contributed by atoms with Crippen LogP contribution in [0.15, 0.2) is 16.3 Å². The summed E-state index contributed by atoms with van der Waals surface area (Å²) >= 11 is 2.45. The van der Waals surface area contributed by atoms with Crippen molar-refractivity contribution in [1.82, 2.24) is 5.32 Å². The maximum absolute atomic E-state index is 11.5. The Morgan fingerprint density at radius 1 is 1.71 bits per heavy atom. The van der Waals surface area contributed by atoms with Crippen LogP contribution in [0.1, 0.15) is 16.6 Å². The second-order valence-electron chi connectivity index (χ2n) is 3.13. The monoisotopic (exact) mass is 269 g/mol. The van der Waals surface area contributed by atoms with Crippen molar-refractivity contribution >= 4 is 35.0 Å². The summed E-state index contributed by atoms with van der Waals surface area (Å²) in [6, 6.07) is 1.56. The Bertz CT molecular complexity index is 462. The number of aromatic carboxylic acids is 1. The third kappa shape index (κ3) is 4.13. The highest BCUT2D eigenvalue weighted by atomic mass is 32.2. The van der Waals surface area contributed by atoms with Crippen LogP contribution in [0.3, 0.4) is 0 Å². The van der Waals surface area contributed by atoms with Gasteiger partial charge >= 0.3 is 5.97 Å². The first-order chi connectivity index (χ1) is 8.04. The Kier molecular flexibility index (Phi) is 5.07. The summed E-state index contributed by atoms with van der Waals surface area (Å²) in [6.45, 7) is 1.95. The molecular weight excluding hydrogens is 258 g/mol. The number of thiophene rings is 1. The minimum atomic E-state index is -0.953. The van der Waals surface area contributed by atoms with Gasteiger partial charge in [0.05, 0.1) is 11.8 Å². The molecule has 17 heavy (non-hydrogen) atoms. The molecule has 1 aromatic heterocycles. The van der Waals surface area contributed by atoms with Crippen molar-refractivity contribution in [2.24, 2.45) is 0 Å². The van der Waals surface area contributed by atoms with E-state index in [0.29, 0.717) is 0 Å². The molecule has 0 saturated heterocycles. The lowest BCUT2D eigenvalue weighted by Gasteiger charge is -2.08. The van der Waals surface area contributed by atoms with Gasteiger partial charge in [-0.05, 0) is 13.0 Å². The number of carbonyl (C=O) groups is 2. The highest BCUT2D eigenvalue weighted by molar-refractivity contribution is 8.00. The van der Waals surface area contributed by atoms with Gasteiger partial charge < -0.3 is 10.4 Å². The summed E-state index contributed by atoms with van der Waals surface area (Å²) < 4.78 is 0. The van der Waals surface area contributed by atoms with Crippen molar-refractivity contribution in [2.75, 3.05) is 6.54 Å². The lowest BCUT2D eigenvalue weighted by Crippen LogP contribution is -2.30. The van der Waals surface area contributed by atoms with Gasteiger partial charge in [-0.2, -0.15) is 0 Å². The Hall–Kier alpha value is -1.45. The maximum atomic E-state index is 11.5. The number of hydrogen-bond acceptors (Lipinski definition) is 4. The lowest BCUT2D eigenvalue weighted by molar-refractivity contribution is -0.120. The maximum Gasteiger partial charge on any atom is 0.345 e. The predicted octanol–water partition coefficient (Wildman–Crippen LogP) is 1.68. The van der Waals surface area contributed by atoms with Gasteiger partial charge in [0.1, 0.15) is 4.88 Å². The number of rotatable bonds is 5. The van der Waals surface area contributed by atoms with Gasteiger partial charge in [-0.15, -0.1) is 29.5 Å². The molecule has 1 amide bonds. The Labute approximate surface area is 107 Å². The molecule has 0 radical (unpaired) electrons. The molecule has 1 atom stereocenters. The van der Waals surface area contributed by atoms with E-state index >= 15 is 0 Å². The SMILES string of the molecule is C#CCNC(=O)C(C)Sc1csc(C(=O)O)c1. The molecule has 1 rings (SSSR count). The highest BCUT2D eigenvalue weighted by Gasteiger charge is 2.15. The molecule has 4 nitrogen and oxygen atoms in total. The molecule has 0 saturated carbocycles. The number of carboxylic acids is 1. The zero-order valence-electron chi connectivity index (χ0n) is 9.10. The fraction of sp³-hybridized carbons (Fsp3) is 0.273. The first-order valence-electron chi connectivity index (χ1n) is 4.74.